The minimum absolute atomic E-state index is 0.0659. The monoisotopic (exact) mass is 488 g/mol. The van der Waals surface area contributed by atoms with Crippen molar-refractivity contribution in [2.75, 3.05) is 0 Å². The second kappa shape index (κ2) is 6.65. The molecule has 0 aromatic rings. The van der Waals surface area contributed by atoms with Crippen LogP contribution < -0.4 is 0 Å². The highest BCUT2D eigenvalue weighted by atomic mass is 35.5. The van der Waals surface area contributed by atoms with E-state index in [2.05, 4.69) is 0 Å². The van der Waals surface area contributed by atoms with Gasteiger partial charge >= 0.3 is 0 Å². The van der Waals surface area contributed by atoms with Gasteiger partial charge < -0.3 is 9.47 Å². The zero-order chi connectivity index (χ0) is 23.5. The van der Waals surface area contributed by atoms with Crippen LogP contribution in [-0.2, 0) is 19.1 Å². The van der Waals surface area contributed by atoms with E-state index in [0.717, 1.165) is 5.57 Å². The number of ether oxygens (including phenoxy) is 2. The van der Waals surface area contributed by atoms with Gasteiger partial charge in [0.15, 0.2) is 17.2 Å². The van der Waals surface area contributed by atoms with Gasteiger partial charge in [-0.2, -0.15) is 0 Å². The summed E-state index contributed by atoms with van der Waals surface area (Å²) in [5.41, 5.74) is -2.41. The molecular weight excluding hydrogens is 461 g/mol. The molecule has 4 fully saturated rings. The topological polar surface area (TPSA) is 52.6 Å². The van der Waals surface area contributed by atoms with Gasteiger partial charge in [0, 0.05) is 10.8 Å². The molecule has 8 atom stereocenters. The largest absolute Gasteiger partial charge is 0.344 e. The average molecular weight is 489 g/mol. The van der Waals surface area contributed by atoms with Crippen molar-refractivity contribution >= 4 is 34.8 Å². The Kier molecular flexibility index (Phi) is 4.77. The molecule has 0 radical (unpaired) electrons. The molecule has 5 aliphatic rings. The fraction of sp³-hybridized carbons (Fsp3) is 0.750. The summed E-state index contributed by atoms with van der Waals surface area (Å²) in [6, 6.07) is 0. The van der Waals surface area contributed by atoms with Crippen molar-refractivity contribution in [2.45, 2.75) is 87.5 Å². The summed E-state index contributed by atoms with van der Waals surface area (Å²) in [5, 5.41) is -0.629. The maximum atomic E-state index is 13.9. The first-order chi connectivity index (χ1) is 14.7. The third kappa shape index (κ3) is 2.50. The predicted molar refractivity (Wildman–Crippen MR) is 116 cm³/mol. The highest BCUT2D eigenvalue weighted by Gasteiger charge is 2.80. The third-order valence-electron chi connectivity index (χ3n) is 9.15. The number of Topliss-reactive ketones (excluding diaryl/α,β-unsaturated/α-hetero) is 1. The van der Waals surface area contributed by atoms with Gasteiger partial charge in [-0.25, -0.2) is 8.78 Å². The van der Waals surface area contributed by atoms with Crippen molar-refractivity contribution in [3.63, 3.8) is 0 Å². The second-order valence-corrected chi connectivity index (χ2v) is 12.1. The number of carbonyl (C=O) groups is 2. The highest BCUT2D eigenvalue weighted by Crippen LogP contribution is 2.73. The Labute approximate surface area is 196 Å². The number of carbonyl (C=O) groups excluding carboxylic acids is 2. The number of alkyl halides is 4. The number of halogens is 4. The molecule has 0 bridgehead atoms. The summed E-state index contributed by atoms with van der Waals surface area (Å²) < 4.78 is 40.1. The summed E-state index contributed by atoms with van der Waals surface area (Å²) in [4.78, 5) is 24.2. The summed E-state index contributed by atoms with van der Waals surface area (Å²) in [6.45, 7) is 7.16. The quantitative estimate of drug-likeness (QED) is 0.500. The number of hydrogen-bond donors (Lipinski definition) is 0. The highest BCUT2D eigenvalue weighted by molar-refractivity contribution is 6.34. The number of fused-ring (bicyclic) bond motifs is 7. The number of allylic oxidation sites excluding steroid dienone is 4. The van der Waals surface area contributed by atoms with Gasteiger partial charge in [-0.3, -0.25) is 9.59 Å². The van der Waals surface area contributed by atoms with Crippen LogP contribution in [0.25, 0.3) is 0 Å². The van der Waals surface area contributed by atoms with Crippen LogP contribution in [0.4, 0.5) is 8.78 Å². The Morgan fingerprint density at radius 1 is 1.22 bits per heavy atom. The van der Waals surface area contributed by atoms with Crippen LogP contribution in [0.1, 0.15) is 53.4 Å². The SMILES string of the molecule is CC1(C)O[C@@H]2C[C@H]3[C@@H]4CCC5=CC(=O)C=C[C@]5(C)[C@@]4(Cl)[C@@H](Cl)C[C@]3(C)[C@]2(C(=O)C(F)F)O1. The first kappa shape index (κ1) is 22.9. The molecule has 1 aliphatic heterocycles. The zero-order valence-corrected chi connectivity index (χ0v) is 20.1. The molecule has 0 N–H and O–H groups in total. The van der Waals surface area contributed by atoms with Crippen LogP contribution in [-0.4, -0.2) is 45.7 Å². The molecule has 4 nitrogen and oxygen atoms in total. The van der Waals surface area contributed by atoms with E-state index in [0.29, 0.717) is 19.3 Å². The van der Waals surface area contributed by atoms with Crippen LogP contribution in [0.2, 0.25) is 0 Å². The van der Waals surface area contributed by atoms with E-state index in [1.165, 1.54) is 6.08 Å². The van der Waals surface area contributed by atoms with Crippen LogP contribution in [0.3, 0.4) is 0 Å². The summed E-state index contributed by atoms with van der Waals surface area (Å²) in [6.07, 6.45) is 3.04. The van der Waals surface area contributed by atoms with Crippen molar-refractivity contribution in [2.24, 2.45) is 22.7 Å². The first-order valence-electron chi connectivity index (χ1n) is 11.2. The molecule has 5 rings (SSSR count). The van der Waals surface area contributed by atoms with E-state index in [1.54, 1.807) is 19.9 Å². The second-order valence-electron chi connectivity index (χ2n) is 11.0. The molecular formula is C24H28Cl2F2O4. The molecule has 1 saturated heterocycles. The van der Waals surface area contributed by atoms with Crippen molar-refractivity contribution in [1.29, 1.82) is 0 Å². The lowest BCUT2D eigenvalue weighted by molar-refractivity contribution is -0.216. The van der Waals surface area contributed by atoms with Gasteiger partial charge in [0.1, 0.15) is 0 Å². The Bertz CT molecular complexity index is 964. The molecule has 0 amide bonds. The Morgan fingerprint density at radius 3 is 2.56 bits per heavy atom. The van der Waals surface area contributed by atoms with Crippen LogP contribution in [0, 0.1) is 22.7 Å². The Morgan fingerprint density at radius 2 is 1.91 bits per heavy atom. The van der Waals surface area contributed by atoms with Gasteiger partial charge in [0.25, 0.3) is 6.43 Å². The number of rotatable bonds is 2. The first-order valence-corrected chi connectivity index (χ1v) is 12.0. The third-order valence-corrected chi connectivity index (χ3v) is 10.7. The standard InChI is InChI=1S/C24H28Cl2F2O4/c1-20(2)31-17-10-15-14-6-5-12-9-13(29)7-8-21(12,3)23(14,26)16(25)11-22(15,4)24(17,32-20)18(30)19(27)28/h7-9,14-17,19H,5-6,10-11H2,1-4H3/t14-,15-,16-,17+,21-,22-,23-,24-/m0/s1. The molecule has 8 heteroatoms. The molecule has 0 aromatic heterocycles. The van der Waals surface area contributed by atoms with Gasteiger partial charge in [-0.15, -0.1) is 23.2 Å². The maximum Gasteiger partial charge on any atom is 0.299 e. The molecule has 32 heavy (non-hydrogen) atoms. The normalized spacial score (nSPS) is 51.0. The smallest absolute Gasteiger partial charge is 0.299 e. The fourth-order valence-electron chi connectivity index (χ4n) is 7.84. The van der Waals surface area contributed by atoms with Crippen molar-refractivity contribution in [3.05, 3.63) is 23.8 Å². The summed E-state index contributed by atoms with van der Waals surface area (Å²) >= 11 is 14.5. The number of ketones is 2. The Balaban J connectivity index is 1.64. The number of hydrogen-bond acceptors (Lipinski definition) is 4. The molecule has 3 saturated carbocycles. The van der Waals surface area contributed by atoms with Gasteiger partial charge in [0.2, 0.25) is 5.78 Å². The van der Waals surface area contributed by atoms with E-state index in [1.807, 2.05) is 19.9 Å². The van der Waals surface area contributed by atoms with Gasteiger partial charge in [-0.05, 0) is 63.5 Å². The molecule has 176 valence electrons. The van der Waals surface area contributed by atoms with E-state index in [4.69, 9.17) is 32.7 Å². The van der Waals surface area contributed by atoms with E-state index in [9.17, 15) is 18.4 Å². The predicted octanol–water partition coefficient (Wildman–Crippen LogP) is 5.21. The molecule has 0 spiro atoms. The minimum atomic E-state index is -3.17. The van der Waals surface area contributed by atoms with Crippen LogP contribution >= 0.6 is 23.2 Å². The average Bonchev–Trinajstić information content (AvgIpc) is 3.09. The molecule has 1 heterocycles. The lowest BCUT2D eigenvalue weighted by Gasteiger charge is -2.64. The lowest BCUT2D eigenvalue weighted by atomic mass is 9.46. The summed E-state index contributed by atoms with van der Waals surface area (Å²) in [5.74, 6) is -2.79. The fourth-order valence-corrected chi connectivity index (χ4v) is 9.07. The molecule has 0 unspecified atom stereocenters. The minimum Gasteiger partial charge on any atom is -0.344 e. The molecule has 0 aromatic carbocycles. The van der Waals surface area contributed by atoms with Crippen LogP contribution in [0.5, 0.6) is 0 Å². The van der Waals surface area contributed by atoms with E-state index < -0.39 is 50.8 Å². The van der Waals surface area contributed by atoms with E-state index in [-0.39, 0.29) is 24.0 Å². The lowest BCUT2D eigenvalue weighted by Crippen LogP contribution is -2.68. The van der Waals surface area contributed by atoms with Crippen LogP contribution in [0.15, 0.2) is 23.8 Å². The van der Waals surface area contributed by atoms with Crippen molar-refractivity contribution < 1.29 is 27.8 Å². The van der Waals surface area contributed by atoms with Crippen molar-refractivity contribution in [3.8, 4) is 0 Å². The van der Waals surface area contributed by atoms with Gasteiger partial charge in [-0.1, -0.05) is 25.5 Å². The zero-order valence-electron chi connectivity index (χ0n) is 18.6. The van der Waals surface area contributed by atoms with Crippen molar-refractivity contribution in [1.82, 2.24) is 0 Å². The van der Waals surface area contributed by atoms with Gasteiger partial charge in [0.05, 0.1) is 16.4 Å². The Hall–Kier alpha value is -0.820. The molecule has 4 aliphatic carbocycles. The maximum absolute atomic E-state index is 13.9. The van der Waals surface area contributed by atoms with E-state index >= 15 is 0 Å². The summed E-state index contributed by atoms with van der Waals surface area (Å²) in [7, 11) is 0.